The third-order valence-corrected chi connectivity index (χ3v) is 4.68. The van der Waals surface area contributed by atoms with Crippen LogP contribution in [0.2, 0.25) is 5.02 Å². The lowest BCUT2D eigenvalue weighted by Crippen LogP contribution is -2.30. The Morgan fingerprint density at radius 1 is 1.05 bits per heavy atom. The zero-order chi connectivity index (χ0) is 15.0. The van der Waals surface area contributed by atoms with Crippen molar-refractivity contribution in [2.45, 2.75) is 32.5 Å². The molecule has 0 atom stereocenters. The van der Waals surface area contributed by atoms with Gasteiger partial charge in [0.15, 0.2) is 0 Å². The smallest absolute Gasteiger partial charge is 0.0467 e. The van der Waals surface area contributed by atoms with Crippen LogP contribution < -0.4 is 4.90 Å². The predicted molar refractivity (Wildman–Crippen MR) is 94.4 cm³/mol. The van der Waals surface area contributed by atoms with Crippen molar-refractivity contribution in [1.82, 2.24) is 4.90 Å². The van der Waals surface area contributed by atoms with E-state index in [1.54, 1.807) is 0 Å². The molecule has 0 amide bonds. The van der Waals surface area contributed by atoms with Gasteiger partial charge in [0.25, 0.3) is 0 Å². The summed E-state index contributed by atoms with van der Waals surface area (Å²) in [6.07, 6.45) is 1.19. The highest BCUT2D eigenvalue weighted by atomic mass is 79.9. The Hall–Kier alpha value is -0.250. The third kappa shape index (κ3) is 5.27. The molecule has 0 saturated heterocycles. The molecule has 0 radical (unpaired) electrons. The Labute approximate surface area is 137 Å². The van der Waals surface area contributed by atoms with Gasteiger partial charge in [-0.2, -0.15) is 0 Å². The van der Waals surface area contributed by atoms with Crippen molar-refractivity contribution in [3.05, 3.63) is 28.8 Å². The summed E-state index contributed by atoms with van der Waals surface area (Å²) in [6.45, 7) is 12.2. The first kappa shape index (κ1) is 17.8. The number of halogens is 2. The monoisotopic (exact) mass is 360 g/mol. The zero-order valence-electron chi connectivity index (χ0n) is 12.8. The Balaban J connectivity index is 2.59. The molecule has 0 bridgehead atoms. The largest absolute Gasteiger partial charge is 0.372 e. The van der Waals surface area contributed by atoms with E-state index in [1.807, 2.05) is 0 Å². The number of nitrogens with zero attached hydrogens (tertiary/aromatic N) is 2. The van der Waals surface area contributed by atoms with Gasteiger partial charge in [-0.15, -0.1) is 0 Å². The zero-order valence-corrected chi connectivity index (χ0v) is 15.2. The van der Waals surface area contributed by atoms with Gasteiger partial charge in [0.05, 0.1) is 0 Å². The number of anilines is 1. The number of benzene rings is 1. The molecule has 0 unspecified atom stereocenters. The average Bonchev–Trinajstić information content (AvgIpc) is 2.47. The molecule has 1 aromatic rings. The molecule has 0 aromatic heterocycles. The summed E-state index contributed by atoms with van der Waals surface area (Å²) in [7, 11) is 0. The molecule has 0 aliphatic carbocycles. The van der Waals surface area contributed by atoms with Crippen LogP contribution in [0.3, 0.4) is 0 Å². The minimum Gasteiger partial charge on any atom is -0.372 e. The van der Waals surface area contributed by atoms with E-state index in [9.17, 15) is 0 Å². The van der Waals surface area contributed by atoms with Crippen molar-refractivity contribution in [1.29, 1.82) is 0 Å². The minimum absolute atomic E-state index is 0.806. The van der Waals surface area contributed by atoms with E-state index in [2.05, 4.69) is 64.7 Å². The van der Waals surface area contributed by atoms with Crippen molar-refractivity contribution >= 4 is 33.2 Å². The second-order valence-electron chi connectivity index (χ2n) is 4.87. The molecule has 0 aliphatic rings. The van der Waals surface area contributed by atoms with E-state index in [1.165, 1.54) is 12.1 Å². The van der Waals surface area contributed by atoms with Gasteiger partial charge in [-0.25, -0.2) is 0 Å². The fourth-order valence-electron chi connectivity index (χ4n) is 2.34. The Morgan fingerprint density at radius 2 is 1.75 bits per heavy atom. The van der Waals surface area contributed by atoms with Gasteiger partial charge < -0.3 is 9.80 Å². The van der Waals surface area contributed by atoms with E-state index < -0.39 is 0 Å². The van der Waals surface area contributed by atoms with E-state index in [0.29, 0.717) is 0 Å². The SMILES string of the molecule is CCN(CC)CCCN(CC)c1ccc(CBr)c(Cl)c1. The van der Waals surface area contributed by atoms with Crippen LogP contribution in [0.4, 0.5) is 5.69 Å². The first-order valence-electron chi connectivity index (χ1n) is 7.47. The highest BCUT2D eigenvalue weighted by Crippen LogP contribution is 2.25. The second kappa shape index (κ2) is 9.64. The summed E-state index contributed by atoms with van der Waals surface area (Å²) >= 11 is 9.75. The normalized spacial score (nSPS) is 11.1. The predicted octanol–water partition coefficient (Wildman–Crippen LogP) is 4.79. The number of hydrogen-bond acceptors (Lipinski definition) is 2. The molecule has 0 N–H and O–H groups in total. The van der Waals surface area contributed by atoms with E-state index in [4.69, 9.17) is 11.6 Å². The summed E-state index contributed by atoms with van der Waals surface area (Å²) < 4.78 is 0. The Bertz CT molecular complexity index is 394. The molecule has 0 aliphatic heterocycles. The van der Waals surface area contributed by atoms with Gasteiger partial charge in [-0.3, -0.25) is 0 Å². The molecular weight excluding hydrogens is 336 g/mol. The van der Waals surface area contributed by atoms with E-state index in [0.717, 1.165) is 48.6 Å². The van der Waals surface area contributed by atoms with Gasteiger partial charge in [0.2, 0.25) is 0 Å². The van der Waals surface area contributed by atoms with Crippen LogP contribution >= 0.6 is 27.5 Å². The van der Waals surface area contributed by atoms with Gasteiger partial charge in [0.1, 0.15) is 0 Å². The maximum Gasteiger partial charge on any atom is 0.0467 e. The van der Waals surface area contributed by atoms with Gasteiger partial charge >= 0.3 is 0 Å². The van der Waals surface area contributed by atoms with Crippen molar-refractivity contribution in [2.24, 2.45) is 0 Å². The molecule has 0 saturated carbocycles. The first-order chi connectivity index (χ1) is 9.65. The molecule has 114 valence electrons. The molecule has 2 nitrogen and oxygen atoms in total. The van der Waals surface area contributed by atoms with E-state index in [-0.39, 0.29) is 0 Å². The van der Waals surface area contributed by atoms with Gasteiger partial charge in [-0.1, -0.05) is 47.4 Å². The Morgan fingerprint density at radius 3 is 2.25 bits per heavy atom. The molecule has 0 heterocycles. The highest BCUT2D eigenvalue weighted by molar-refractivity contribution is 9.08. The second-order valence-corrected chi connectivity index (χ2v) is 5.84. The van der Waals surface area contributed by atoms with Crippen LogP contribution in [0.5, 0.6) is 0 Å². The number of hydrogen-bond donors (Lipinski definition) is 0. The van der Waals surface area contributed by atoms with Crippen LogP contribution in [0.15, 0.2) is 18.2 Å². The summed E-state index contributed by atoms with van der Waals surface area (Å²) in [5, 5.41) is 1.65. The van der Waals surface area contributed by atoms with Crippen molar-refractivity contribution in [3.63, 3.8) is 0 Å². The Kier molecular flexibility index (Phi) is 8.58. The van der Waals surface area contributed by atoms with Crippen LogP contribution in [-0.2, 0) is 5.33 Å². The van der Waals surface area contributed by atoms with Crippen LogP contribution in [0, 0.1) is 0 Å². The minimum atomic E-state index is 0.806. The summed E-state index contributed by atoms with van der Waals surface area (Å²) in [5.41, 5.74) is 2.37. The average molecular weight is 362 g/mol. The fourth-order valence-corrected chi connectivity index (χ4v) is 3.23. The molecule has 0 spiro atoms. The lowest BCUT2D eigenvalue weighted by atomic mass is 10.2. The molecule has 0 fully saturated rings. The maximum atomic E-state index is 6.30. The first-order valence-corrected chi connectivity index (χ1v) is 8.97. The molecule has 1 rings (SSSR count). The van der Waals surface area contributed by atoms with Crippen LogP contribution in [-0.4, -0.2) is 37.6 Å². The highest BCUT2D eigenvalue weighted by Gasteiger charge is 2.08. The van der Waals surface area contributed by atoms with Crippen molar-refractivity contribution < 1.29 is 0 Å². The molecule has 1 aromatic carbocycles. The van der Waals surface area contributed by atoms with Crippen LogP contribution in [0.1, 0.15) is 32.8 Å². The lowest BCUT2D eigenvalue weighted by Gasteiger charge is -2.25. The topological polar surface area (TPSA) is 6.48 Å². The third-order valence-electron chi connectivity index (χ3n) is 3.72. The number of rotatable bonds is 9. The van der Waals surface area contributed by atoms with Gasteiger partial charge in [0, 0.05) is 29.1 Å². The number of alkyl halides is 1. The maximum absolute atomic E-state index is 6.30. The fraction of sp³-hybridized carbons (Fsp3) is 0.625. The molecular formula is C16H26BrClN2. The molecule has 4 heteroatoms. The quantitative estimate of drug-likeness (QED) is 0.583. The standard InChI is InChI=1S/C16H26BrClN2/c1-4-19(5-2)10-7-11-20(6-3)15-9-8-14(13-17)16(18)12-15/h8-9,12H,4-7,10-11,13H2,1-3H3. The lowest BCUT2D eigenvalue weighted by molar-refractivity contribution is 0.301. The van der Waals surface area contributed by atoms with Crippen molar-refractivity contribution in [2.75, 3.05) is 37.6 Å². The van der Waals surface area contributed by atoms with E-state index >= 15 is 0 Å². The van der Waals surface area contributed by atoms with Crippen LogP contribution in [0.25, 0.3) is 0 Å². The summed E-state index contributed by atoms with van der Waals surface area (Å²) in [4.78, 5) is 4.86. The van der Waals surface area contributed by atoms with Crippen molar-refractivity contribution in [3.8, 4) is 0 Å². The van der Waals surface area contributed by atoms with Gasteiger partial charge in [-0.05, 0) is 50.7 Å². The summed E-state index contributed by atoms with van der Waals surface area (Å²) in [5.74, 6) is 0. The molecule has 20 heavy (non-hydrogen) atoms. The summed E-state index contributed by atoms with van der Waals surface area (Å²) in [6, 6.07) is 6.36.